The maximum absolute atomic E-state index is 12.3. The maximum atomic E-state index is 12.3. The first kappa shape index (κ1) is 23.8. The average molecular weight is 486 g/mol. The van der Waals surface area contributed by atoms with E-state index in [1.165, 1.54) is 31.5 Å². The fourth-order valence-electron chi connectivity index (χ4n) is 2.58. The monoisotopic (exact) mass is 485 g/mol. The van der Waals surface area contributed by atoms with Crippen molar-refractivity contribution in [3.63, 3.8) is 0 Å². The van der Waals surface area contributed by atoms with Crippen LogP contribution in [-0.4, -0.2) is 31.1 Å². The number of ether oxygens (including phenoxy) is 2. The van der Waals surface area contributed by atoms with E-state index in [2.05, 4.69) is 15.8 Å². The summed E-state index contributed by atoms with van der Waals surface area (Å²) in [5.74, 6) is -1.59. The van der Waals surface area contributed by atoms with E-state index in [9.17, 15) is 14.4 Å². The number of hydrazone groups is 1. The molecule has 33 heavy (non-hydrogen) atoms. The minimum atomic E-state index is -0.996. The first-order chi connectivity index (χ1) is 15.8. The van der Waals surface area contributed by atoms with Crippen molar-refractivity contribution in [1.29, 1.82) is 0 Å². The molecule has 0 unspecified atom stereocenters. The van der Waals surface area contributed by atoms with Crippen molar-refractivity contribution in [2.45, 2.75) is 0 Å². The Labute approximate surface area is 199 Å². The van der Waals surface area contributed by atoms with Crippen LogP contribution in [0.15, 0.2) is 71.8 Å². The quantitative estimate of drug-likeness (QED) is 0.178. The summed E-state index contributed by atoms with van der Waals surface area (Å²) in [5.41, 5.74) is 3.26. The Balaban J connectivity index is 1.56. The van der Waals surface area contributed by atoms with Crippen LogP contribution in [0, 0.1) is 0 Å². The van der Waals surface area contributed by atoms with E-state index in [1.54, 1.807) is 48.5 Å². The lowest BCUT2D eigenvalue weighted by Crippen LogP contribution is -2.32. The van der Waals surface area contributed by atoms with Crippen molar-refractivity contribution in [2.75, 3.05) is 12.4 Å². The van der Waals surface area contributed by atoms with Gasteiger partial charge in [0.05, 0.1) is 18.9 Å². The molecule has 0 fully saturated rings. The van der Waals surface area contributed by atoms with E-state index in [0.717, 1.165) is 0 Å². The topological polar surface area (TPSA) is 106 Å². The summed E-state index contributed by atoms with van der Waals surface area (Å²) >= 11 is 11.7. The Morgan fingerprint density at radius 3 is 2.24 bits per heavy atom. The minimum Gasteiger partial charge on any atom is -0.497 e. The van der Waals surface area contributed by atoms with E-state index in [-0.39, 0.29) is 11.4 Å². The lowest BCUT2D eigenvalue weighted by molar-refractivity contribution is -0.136. The molecule has 10 heteroatoms. The first-order valence-electron chi connectivity index (χ1n) is 9.41. The Hall–Kier alpha value is -3.88. The molecule has 0 spiro atoms. The minimum absolute atomic E-state index is 0.267. The number of carbonyl (C=O) groups is 3. The zero-order valence-corrected chi connectivity index (χ0v) is 18.7. The Morgan fingerprint density at radius 2 is 1.58 bits per heavy atom. The van der Waals surface area contributed by atoms with Crippen molar-refractivity contribution in [3.8, 4) is 11.5 Å². The van der Waals surface area contributed by atoms with Crippen LogP contribution in [0.1, 0.15) is 15.9 Å². The van der Waals surface area contributed by atoms with Crippen molar-refractivity contribution in [1.82, 2.24) is 5.43 Å². The van der Waals surface area contributed by atoms with Gasteiger partial charge in [-0.25, -0.2) is 10.2 Å². The van der Waals surface area contributed by atoms with Crippen LogP contribution in [0.2, 0.25) is 10.0 Å². The van der Waals surface area contributed by atoms with Gasteiger partial charge in [0, 0.05) is 15.7 Å². The van der Waals surface area contributed by atoms with Crippen LogP contribution in [0.5, 0.6) is 11.5 Å². The van der Waals surface area contributed by atoms with Gasteiger partial charge >= 0.3 is 17.8 Å². The highest BCUT2D eigenvalue weighted by Gasteiger charge is 2.14. The van der Waals surface area contributed by atoms with Gasteiger partial charge in [-0.2, -0.15) is 5.10 Å². The molecule has 168 valence electrons. The molecule has 0 aliphatic carbocycles. The summed E-state index contributed by atoms with van der Waals surface area (Å²) < 4.78 is 10.4. The maximum Gasteiger partial charge on any atom is 0.343 e. The highest BCUT2D eigenvalue weighted by atomic mass is 35.5. The molecule has 3 aromatic carbocycles. The van der Waals surface area contributed by atoms with Gasteiger partial charge in [-0.3, -0.25) is 9.59 Å². The molecule has 2 amide bonds. The second kappa shape index (κ2) is 11.1. The standard InChI is InChI=1S/C23H17Cl2N3O5/c1-32-19-7-5-15(6-8-19)23(31)33-20-4-2-3-14(9-20)13-26-28-22(30)21(29)27-18-11-16(24)10-17(25)12-18/h2-13H,1H3,(H,27,29)(H,28,30). The third kappa shape index (κ3) is 7.06. The van der Waals surface area contributed by atoms with E-state index in [0.29, 0.717) is 26.9 Å². The smallest absolute Gasteiger partial charge is 0.343 e. The van der Waals surface area contributed by atoms with Crippen molar-refractivity contribution < 1.29 is 23.9 Å². The van der Waals surface area contributed by atoms with Gasteiger partial charge < -0.3 is 14.8 Å². The average Bonchev–Trinajstić information content (AvgIpc) is 2.78. The predicted octanol–water partition coefficient (Wildman–Crippen LogP) is 4.31. The first-order valence-corrected chi connectivity index (χ1v) is 10.2. The summed E-state index contributed by atoms with van der Waals surface area (Å²) in [4.78, 5) is 36.2. The summed E-state index contributed by atoms with van der Waals surface area (Å²) in [6.45, 7) is 0. The largest absolute Gasteiger partial charge is 0.497 e. The number of nitrogens with one attached hydrogen (secondary N) is 2. The van der Waals surface area contributed by atoms with Crippen LogP contribution >= 0.6 is 23.2 Å². The van der Waals surface area contributed by atoms with Crippen molar-refractivity contribution >= 4 is 52.9 Å². The zero-order chi connectivity index (χ0) is 23.8. The number of halogens is 2. The van der Waals surface area contributed by atoms with E-state index < -0.39 is 17.8 Å². The number of anilines is 1. The third-order valence-electron chi connectivity index (χ3n) is 4.10. The normalized spacial score (nSPS) is 10.5. The van der Waals surface area contributed by atoms with Crippen LogP contribution in [0.4, 0.5) is 5.69 Å². The lowest BCUT2D eigenvalue weighted by atomic mass is 10.2. The van der Waals surface area contributed by atoms with Gasteiger partial charge in [-0.05, 0) is 60.2 Å². The number of benzene rings is 3. The number of rotatable bonds is 6. The Bertz CT molecular complexity index is 1190. The molecular formula is C23H17Cl2N3O5. The van der Waals surface area contributed by atoms with Crippen LogP contribution in [-0.2, 0) is 9.59 Å². The molecule has 0 heterocycles. The second-order valence-electron chi connectivity index (χ2n) is 6.50. The van der Waals surface area contributed by atoms with Crippen LogP contribution in [0.3, 0.4) is 0 Å². The summed E-state index contributed by atoms with van der Waals surface area (Å²) in [7, 11) is 1.53. The molecular weight excluding hydrogens is 469 g/mol. The molecule has 2 N–H and O–H groups in total. The van der Waals surface area contributed by atoms with Crippen LogP contribution < -0.4 is 20.2 Å². The third-order valence-corrected chi connectivity index (χ3v) is 4.54. The summed E-state index contributed by atoms with van der Waals surface area (Å²) in [5, 5.41) is 6.73. The molecule has 0 aliphatic heterocycles. The molecule has 0 saturated heterocycles. The van der Waals surface area contributed by atoms with Gasteiger partial charge in [0.25, 0.3) is 0 Å². The number of esters is 1. The number of nitrogens with zero attached hydrogens (tertiary/aromatic N) is 1. The number of hydrogen-bond donors (Lipinski definition) is 2. The second-order valence-corrected chi connectivity index (χ2v) is 7.37. The summed E-state index contributed by atoms with van der Waals surface area (Å²) in [6, 6.07) is 17.3. The molecule has 0 radical (unpaired) electrons. The molecule has 0 saturated carbocycles. The van der Waals surface area contributed by atoms with E-state index >= 15 is 0 Å². The highest BCUT2D eigenvalue weighted by Crippen LogP contribution is 2.22. The molecule has 0 aliphatic rings. The number of hydrogen-bond acceptors (Lipinski definition) is 6. The summed E-state index contributed by atoms with van der Waals surface area (Å²) in [6.07, 6.45) is 1.30. The van der Waals surface area contributed by atoms with Crippen molar-refractivity contribution in [3.05, 3.63) is 87.9 Å². The molecule has 8 nitrogen and oxygen atoms in total. The molecule has 3 aromatic rings. The fourth-order valence-corrected chi connectivity index (χ4v) is 3.11. The number of methoxy groups -OCH3 is 1. The van der Waals surface area contributed by atoms with Crippen molar-refractivity contribution in [2.24, 2.45) is 5.10 Å². The zero-order valence-electron chi connectivity index (χ0n) is 17.2. The predicted molar refractivity (Wildman–Crippen MR) is 125 cm³/mol. The van der Waals surface area contributed by atoms with E-state index in [4.69, 9.17) is 32.7 Å². The van der Waals surface area contributed by atoms with Gasteiger partial charge in [-0.15, -0.1) is 0 Å². The fraction of sp³-hybridized carbons (Fsp3) is 0.0435. The van der Waals surface area contributed by atoms with Gasteiger partial charge in [0.2, 0.25) is 0 Å². The number of carbonyl (C=O) groups excluding carboxylic acids is 3. The SMILES string of the molecule is COc1ccc(C(=O)Oc2cccc(C=NNC(=O)C(=O)Nc3cc(Cl)cc(Cl)c3)c2)cc1. The van der Waals surface area contributed by atoms with Gasteiger partial charge in [-0.1, -0.05) is 35.3 Å². The molecule has 0 aromatic heterocycles. The number of amides is 2. The van der Waals surface area contributed by atoms with Gasteiger partial charge in [0.1, 0.15) is 11.5 Å². The molecule has 0 atom stereocenters. The molecule has 3 rings (SSSR count). The van der Waals surface area contributed by atoms with E-state index in [1.807, 2.05) is 0 Å². The Morgan fingerprint density at radius 1 is 0.879 bits per heavy atom. The lowest BCUT2D eigenvalue weighted by Gasteiger charge is -2.06. The van der Waals surface area contributed by atoms with Crippen LogP contribution in [0.25, 0.3) is 0 Å². The Kier molecular flexibility index (Phi) is 8.01. The van der Waals surface area contributed by atoms with Gasteiger partial charge in [0.15, 0.2) is 0 Å². The highest BCUT2D eigenvalue weighted by molar-refractivity contribution is 6.40. The molecule has 0 bridgehead atoms.